The van der Waals surface area contributed by atoms with Crippen LogP contribution in [0.2, 0.25) is 5.02 Å². The number of benzene rings is 3. The Morgan fingerprint density at radius 3 is 2.26 bits per heavy atom. The topological polar surface area (TPSA) is 144 Å². The van der Waals surface area contributed by atoms with E-state index in [1.165, 1.54) is 36.4 Å². The number of halogens is 2. The van der Waals surface area contributed by atoms with Gasteiger partial charge in [-0.05, 0) is 78.4 Å². The molecule has 3 N–H and O–H groups in total. The Morgan fingerprint density at radius 2 is 1.60 bits per heavy atom. The van der Waals surface area contributed by atoms with E-state index in [-0.39, 0.29) is 25.1 Å². The number of imide groups is 2. The standard InChI is InChI=1S/C35H29ClFN3O7/c36-20-5-3-19(4-6-20)35-27(32(45)40(34(35)47)38-22-9-7-21(37)8-10-22)17-26-24(30(35)18-1-11-23(41)12-2-18)13-14-25-29(26)33(46)39(31(25)44)16-15-28(42)43/h1-13,25-27,29-30,38,41H,14-17H2,(H,42,43). The van der Waals surface area contributed by atoms with Gasteiger partial charge < -0.3 is 10.2 Å². The number of rotatable bonds is 7. The Balaban J connectivity index is 1.41. The fourth-order valence-electron chi connectivity index (χ4n) is 8.19. The molecule has 0 radical (unpaired) electrons. The smallest absolute Gasteiger partial charge is 0.305 e. The molecular formula is C35H29ClFN3O7. The van der Waals surface area contributed by atoms with Gasteiger partial charge >= 0.3 is 5.97 Å². The summed E-state index contributed by atoms with van der Waals surface area (Å²) >= 11 is 6.28. The van der Waals surface area contributed by atoms with Crippen molar-refractivity contribution in [3.63, 3.8) is 0 Å². The van der Waals surface area contributed by atoms with E-state index in [4.69, 9.17) is 11.6 Å². The molecule has 3 aromatic carbocycles. The molecule has 12 heteroatoms. The number of nitrogens with one attached hydrogen (secondary N) is 1. The van der Waals surface area contributed by atoms with Crippen LogP contribution in [0.4, 0.5) is 10.1 Å². The molecule has 1 saturated carbocycles. The fraction of sp³-hybridized carbons (Fsp3) is 0.286. The largest absolute Gasteiger partial charge is 0.508 e. The molecule has 0 spiro atoms. The Labute approximate surface area is 273 Å². The lowest BCUT2D eigenvalue weighted by Gasteiger charge is -2.50. The number of allylic oxidation sites excluding steroid dienone is 2. The Bertz CT molecular complexity index is 1850. The number of phenolic OH excluding ortho intramolecular Hbond substituents is 1. The maximum atomic E-state index is 15.0. The van der Waals surface area contributed by atoms with Gasteiger partial charge in [0.2, 0.25) is 11.8 Å². The van der Waals surface area contributed by atoms with Gasteiger partial charge in [0, 0.05) is 17.5 Å². The monoisotopic (exact) mass is 657 g/mol. The molecule has 10 nitrogen and oxygen atoms in total. The number of aromatic hydroxyl groups is 1. The number of carboxylic acids is 1. The Morgan fingerprint density at radius 1 is 0.915 bits per heavy atom. The number of hydrogen-bond acceptors (Lipinski definition) is 7. The van der Waals surface area contributed by atoms with E-state index in [9.17, 15) is 38.6 Å². The van der Waals surface area contributed by atoms with Crippen molar-refractivity contribution in [3.05, 3.63) is 106 Å². The first-order valence-corrected chi connectivity index (χ1v) is 15.6. The predicted octanol–water partition coefficient (Wildman–Crippen LogP) is 4.64. The van der Waals surface area contributed by atoms with Crippen LogP contribution < -0.4 is 5.43 Å². The van der Waals surface area contributed by atoms with E-state index in [1.54, 1.807) is 36.4 Å². The summed E-state index contributed by atoms with van der Waals surface area (Å²) in [6.07, 6.45) is 1.75. The number of carbonyl (C=O) groups excluding carboxylic acids is 4. The van der Waals surface area contributed by atoms with Gasteiger partial charge in [0.05, 0.1) is 35.3 Å². The average molecular weight is 658 g/mol. The summed E-state index contributed by atoms with van der Waals surface area (Å²) in [5.41, 5.74) is 3.51. The molecule has 4 amide bonds. The van der Waals surface area contributed by atoms with Crippen molar-refractivity contribution >= 4 is 46.9 Å². The first-order valence-electron chi connectivity index (χ1n) is 15.2. The van der Waals surface area contributed by atoms with Crippen molar-refractivity contribution in [1.82, 2.24) is 9.91 Å². The van der Waals surface area contributed by atoms with Crippen LogP contribution in [-0.4, -0.2) is 56.3 Å². The highest BCUT2D eigenvalue weighted by molar-refractivity contribution is 6.30. The van der Waals surface area contributed by atoms with E-state index in [0.29, 0.717) is 27.4 Å². The first-order chi connectivity index (χ1) is 22.5. The number of phenols is 1. The summed E-state index contributed by atoms with van der Waals surface area (Å²) in [5.74, 6) is -7.69. The van der Waals surface area contributed by atoms with Crippen LogP contribution in [-0.2, 0) is 29.4 Å². The summed E-state index contributed by atoms with van der Waals surface area (Å²) in [6, 6.07) is 18.3. The minimum Gasteiger partial charge on any atom is -0.508 e. The van der Waals surface area contributed by atoms with Crippen molar-refractivity contribution in [2.75, 3.05) is 12.0 Å². The highest BCUT2D eigenvalue weighted by Crippen LogP contribution is 2.64. The first kappa shape index (κ1) is 30.6. The van der Waals surface area contributed by atoms with Gasteiger partial charge in [0.1, 0.15) is 11.6 Å². The maximum Gasteiger partial charge on any atom is 0.305 e. The van der Waals surface area contributed by atoms with Gasteiger partial charge in [0.25, 0.3) is 11.8 Å². The number of amides is 4. The summed E-state index contributed by atoms with van der Waals surface area (Å²) < 4.78 is 13.7. The third-order valence-corrected chi connectivity index (χ3v) is 10.4. The number of aliphatic carboxylic acids is 1. The van der Waals surface area contributed by atoms with Gasteiger partial charge in [0.15, 0.2) is 0 Å². The van der Waals surface area contributed by atoms with Crippen molar-refractivity contribution in [3.8, 4) is 5.75 Å². The normalized spacial score (nSPS) is 28.1. The minimum absolute atomic E-state index is 0.00467. The zero-order chi connectivity index (χ0) is 33.2. The lowest BCUT2D eigenvalue weighted by molar-refractivity contribution is -0.143. The van der Waals surface area contributed by atoms with Crippen LogP contribution >= 0.6 is 11.6 Å². The van der Waals surface area contributed by atoms with Crippen LogP contribution in [0.3, 0.4) is 0 Å². The molecule has 47 heavy (non-hydrogen) atoms. The molecule has 0 aromatic heterocycles. The summed E-state index contributed by atoms with van der Waals surface area (Å²) in [6.45, 7) is -0.256. The zero-order valence-corrected chi connectivity index (χ0v) is 25.6. The minimum atomic E-state index is -1.53. The SMILES string of the molecule is O=C(O)CCN1C(=O)C2CC=C3C(CC4C(=O)N(Nc5ccc(F)cc5)C(=O)C4(c4ccc(Cl)cc4)C3c3ccc(O)cc3)C2C1=O. The van der Waals surface area contributed by atoms with Crippen LogP contribution in [0, 0.1) is 29.5 Å². The van der Waals surface area contributed by atoms with Crippen LogP contribution in [0.15, 0.2) is 84.4 Å². The van der Waals surface area contributed by atoms with E-state index in [0.717, 1.165) is 9.91 Å². The maximum absolute atomic E-state index is 15.0. The highest BCUT2D eigenvalue weighted by Gasteiger charge is 2.70. The third kappa shape index (κ3) is 4.71. The van der Waals surface area contributed by atoms with Gasteiger partial charge in [-0.15, -0.1) is 0 Å². The molecule has 2 aliphatic carbocycles. The molecule has 0 bridgehead atoms. The second kappa shape index (κ2) is 11.3. The van der Waals surface area contributed by atoms with Crippen LogP contribution in [0.25, 0.3) is 0 Å². The number of hydrogen-bond donors (Lipinski definition) is 3. The molecule has 2 aliphatic heterocycles. The molecule has 2 heterocycles. The van der Waals surface area contributed by atoms with Gasteiger partial charge in [-0.25, -0.2) is 4.39 Å². The van der Waals surface area contributed by atoms with E-state index >= 15 is 0 Å². The van der Waals surface area contributed by atoms with Gasteiger partial charge in [-0.3, -0.25) is 34.3 Å². The average Bonchev–Trinajstić information content (AvgIpc) is 3.42. The number of carboxylic acid groups (broad SMARTS) is 1. The molecular weight excluding hydrogens is 629 g/mol. The number of nitrogens with zero attached hydrogens (tertiary/aromatic N) is 2. The van der Waals surface area contributed by atoms with E-state index in [2.05, 4.69) is 5.43 Å². The van der Waals surface area contributed by atoms with Crippen molar-refractivity contribution < 1.29 is 38.6 Å². The number of fused-ring (bicyclic) bond motifs is 4. The number of carbonyl (C=O) groups is 5. The molecule has 4 aliphatic rings. The highest BCUT2D eigenvalue weighted by atomic mass is 35.5. The number of anilines is 1. The molecule has 240 valence electrons. The number of likely N-dealkylation sites (tertiary alicyclic amines) is 1. The van der Waals surface area contributed by atoms with Gasteiger partial charge in [-0.1, -0.05) is 47.5 Å². The van der Waals surface area contributed by atoms with Crippen molar-refractivity contribution in [1.29, 1.82) is 0 Å². The van der Waals surface area contributed by atoms with Crippen LogP contribution in [0.5, 0.6) is 5.75 Å². The third-order valence-electron chi connectivity index (χ3n) is 10.1. The molecule has 3 fully saturated rings. The van der Waals surface area contributed by atoms with Crippen molar-refractivity contribution in [2.45, 2.75) is 30.6 Å². The van der Waals surface area contributed by atoms with Crippen molar-refractivity contribution in [2.24, 2.45) is 23.7 Å². The second-order valence-corrected chi connectivity index (χ2v) is 12.9. The lowest BCUT2D eigenvalue weighted by atomic mass is 9.49. The fourth-order valence-corrected chi connectivity index (χ4v) is 8.32. The summed E-state index contributed by atoms with van der Waals surface area (Å²) in [5, 5.41) is 20.8. The molecule has 2 saturated heterocycles. The quantitative estimate of drug-likeness (QED) is 0.246. The molecule has 6 unspecified atom stereocenters. The van der Waals surface area contributed by atoms with E-state index < -0.39 is 76.8 Å². The predicted molar refractivity (Wildman–Crippen MR) is 166 cm³/mol. The zero-order valence-electron chi connectivity index (χ0n) is 24.8. The Hall–Kier alpha value is -5.03. The Kier molecular flexibility index (Phi) is 7.39. The number of hydrazine groups is 1. The van der Waals surface area contributed by atoms with Gasteiger partial charge in [-0.2, -0.15) is 5.01 Å². The second-order valence-electron chi connectivity index (χ2n) is 12.4. The summed E-state index contributed by atoms with van der Waals surface area (Å²) in [4.78, 5) is 69.1. The molecule has 6 atom stereocenters. The van der Waals surface area contributed by atoms with E-state index in [1.807, 2.05) is 6.08 Å². The van der Waals surface area contributed by atoms with Crippen LogP contribution in [0.1, 0.15) is 36.3 Å². The summed E-state index contributed by atoms with van der Waals surface area (Å²) in [7, 11) is 0. The molecule has 3 aromatic rings. The lowest BCUT2D eigenvalue weighted by Crippen LogP contribution is -2.53. The molecule has 7 rings (SSSR count).